The van der Waals surface area contributed by atoms with Crippen LogP contribution < -0.4 is 14.8 Å². The van der Waals surface area contributed by atoms with Gasteiger partial charge in [0.05, 0.1) is 24.0 Å². The molecule has 1 aromatic carbocycles. The van der Waals surface area contributed by atoms with Crippen LogP contribution in [0.4, 0.5) is 8.78 Å². The molecule has 1 aromatic heterocycles. The number of fused-ring (bicyclic) bond motifs is 2. The molecule has 2 heterocycles. The van der Waals surface area contributed by atoms with E-state index in [4.69, 9.17) is 18.5 Å². The van der Waals surface area contributed by atoms with Gasteiger partial charge in [0.25, 0.3) is 0 Å². The van der Waals surface area contributed by atoms with Gasteiger partial charge >= 0.3 is 12.4 Å². The number of aromatic nitrogens is 1. The number of benzene rings is 1. The fraction of sp³-hybridized carbons (Fsp3) is 0.438. The van der Waals surface area contributed by atoms with Crippen molar-refractivity contribution in [3.05, 3.63) is 23.4 Å². The molecule has 0 unspecified atom stereocenters. The molecule has 0 fully saturated rings. The Morgan fingerprint density at radius 3 is 2.35 bits per heavy atom. The quantitative estimate of drug-likeness (QED) is 0.472. The standard InChI is InChI=1S/C16H17BrF2NO5P/c1-4-24-26(21,25-5-2)14-9(3)10-6-12-13(23-8-22-12)7-11(10)20-15(14)16(17,18)19/h6-7H,4-5,8H2,1-3H3. The molecule has 0 aliphatic carbocycles. The van der Waals surface area contributed by atoms with Crippen molar-refractivity contribution in [3.8, 4) is 11.5 Å². The third kappa shape index (κ3) is 3.33. The van der Waals surface area contributed by atoms with Crippen LogP contribution >= 0.6 is 23.5 Å². The molecule has 0 saturated carbocycles. The summed E-state index contributed by atoms with van der Waals surface area (Å²) in [5.74, 6) is 0.883. The zero-order valence-corrected chi connectivity index (χ0v) is 16.8. The van der Waals surface area contributed by atoms with Gasteiger partial charge in [-0.15, -0.1) is 0 Å². The molecule has 10 heteroatoms. The van der Waals surface area contributed by atoms with Crippen LogP contribution in [0.5, 0.6) is 11.5 Å². The second-order valence-electron chi connectivity index (χ2n) is 5.49. The van der Waals surface area contributed by atoms with Gasteiger partial charge in [-0.2, -0.15) is 8.78 Å². The van der Waals surface area contributed by atoms with Gasteiger partial charge in [0.15, 0.2) is 11.5 Å². The first kappa shape index (κ1) is 19.5. The predicted octanol–water partition coefficient (Wildman–Crippen LogP) is 4.61. The van der Waals surface area contributed by atoms with Gasteiger partial charge in [-0.25, -0.2) is 4.98 Å². The van der Waals surface area contributed by atoms with E-state index in [1.807, 2.05) is 0 Å². The molecular formula is C16H17BrF2NO5P. The van der Waals surface area contributed by atoms with Gasteiger partial charge in [-0.3, -0.25) is 4.57 Å². The first-order valence-corrected chi connectivity index (χ1v) is 10.3. The third-order valence-corrected chi connectivity index (χ3v) is 6.51. The minimum Gasteiger partial charge on any atom is -0.454 e. The Kier molecular flexibility index (Phi) is 5.27. The highest BCUT2D eigenvalue weighted by Gasteiger charge is 2.42. The number of hydrogen-bond acceptors (Lipinski definition) is 6. The van der Waals surface area contributed by atoms with Crippen molar-refractivity contribution in [2.75, 3.05) is 20.0 Å². The number of pyridine rings is 1. The number of alkyl halides is 3. The van der Waals surface area contributed by atoms with Crippen LogP contribution in [0, 0.1) is 6.92 Å². The molecule has 142 valence electrons. The Labute approximate surface area is 157 Å². The number of rotatable bonds is 6. The lowest BCUT2D eigenvalue weighted by Crippen LogP contribution is -2.26. The maximum atomic E-state index is 14.3. The van der Waals surface area contributed by atoms with Crippen LogP contribution in [-0.2, 0) is 18.4 Å². The molecule has 1 aliphatic heterocycles. The highest BCUT2D eigenvalue weighted by molar-refractivity contribution is 9.09. The molecule has 26 heavy (non-hydrogen) atoms. The summed E-state index contributed by atoms with van der Waals surface area (Å²) in [5, 5.41) is 0.263. The van der Waals surface area contributed by atoms with Crippen LogP contribution in [0.15, 0.2) is 12.1 Å². The van der Waals surface area contributed by atoms with Crippen LogP contribution in [0.25, 0.3) is 10.9 Å². The second kappa shape index (κ2) is 7.03. The molecule has 0 spiro atoms. The van der Waals surface area contributed by atoms with Gasteiger partial charge in [0, 0.05) is 11.5 Å². The van der Waals surface area contributed by atoms with E-state index in [2.05, 4.69) is 20.9 Å². The van der Waals surface area contributed by atoms with E-state index in [1.165, 1.54) is 6.07 Å². The van der Waals surface area contributed by atoms with Gasteiger partial charge in [-0.05, 0) is 48.3 Å². The maximum Gasteiger partial charge on any atom is 0.363 e. The summed E-state index contributed by atoms with van der Waals surface area (Å²) in [4.78, 5) is 0.524. The fourth-order valence-electron chi connectivity index (χ4n) is 2.84. The topological polar surface area (TPSA) is 66.9 Å². The van der Waals surface area contributed by atoms with Crippen molar-refractivity contribution in [3.63, 3.8) is 0 Å². The summed E-state index contributed by atoms with van der Waals surface area (Å²) >= 11 is 2.33. The molecule has 0 radical (unpaired) electrons. The fourth-order valence-corrected chi connectivity index (χ4v) is 5.28. The molecule has 6 nitrogen and oxygen atoms in total. The molecule has 2 aromatic rings. The molecule has 0 N–H and O–H groups in total. The Morgan fingerprint density at radius 1 is 1.23 bits per heavy atom. The van der Waals surface area contributed by atoms with Crippen molar-refractivity contribution in [1.29, 1.82) is 0 Å². The van der Waals surface area contributed by atoms with Crippen LogP contribution in [-0.4, -0.2) is 25.0 Å². The Morgan fingerprint density at radius 2 is 1.81 bits per heavy atom. The van der Waals surface area contributed by atoms with Gasteiger partial charge < -0.3 is 18.5 Å². The number of hydrogen-bond donors (Lipinski definition) is 0. The molecule has 0 atom stereocenters. The van der Waals surface area contributed by atoms with Crippen LogP contribution in [0.1, 0.15) is 25.1 Å². The molecule has 1 aliphatic rings. The average Bonchev–Trinajstić information content (AvgIpc) is 2.99. The monoisotopic (exact) mass is 451 g/mol. The predicted molar refractivity (Wildman–Crippen MR) is 95.9 cm³/mol. The zero-order valence-electron chi connectivity index (χ0n) is 14.3. The summed E-state index contributed by atoms with van der Waals surface area (Å²) in [5.41, 5.74) is -0.108. The maximum absolute atomic E-state index is 14.3. The smallest absolute Gasteiger partial charge is 0.363 e. The zero-order chi connectivity index (χ0) is 19.1. The van der Waals surface area contributed by atoms with Crippen molar-refractivity contribution >= 4 is 39.7 Å². The number of nitrogens with zero attached hydrogens (tertiary/aromatic N) is 1. The summed E-state index contributed by atoms with van der Waals surface area (Å²) in [6, 6.07) is 3.14. The summed E-state index contributed by atoms with van der Waals surface area (Å²) < 4.78 is 63.1. The van der Waals surface area contributed by atoms with Gasteiger partial charge in [-0.1, -0.05) is 0 Å². The lowest BCUT2D eigenvalue weighted by atomic mass is 10.1. The SMILES string of the molecule is CCOP(=O)(OCC)c1c(C(F)(F)Br)nc2cc3c(cc2c1C)OCO3. The summed E-state index contributed by atoms with van der Waals surface area (Å²) in [6.45, 7) is 4.90. The van der Waals surface area contributed by atoms with Crippen molar-refractivity contribution in [1.82, 2.24) is 4.98 Å². The molecule has 3 rings (SSSR count). The lowest BCUT2D eigenvalue weighted by Gasteiger charge is -2.24. The Hall–Kier alpha value is -1.28. The normalized spacial score (nSPS) is 14.2. The minimum atomic E-state index is -4.01. The van der Waals surface area contributed by atoms with E-state index >= 15 is 0 Å². The van der Waals surface area contributed by atoms with E-state index in [1.54, 1.807) is 26.8 Å². The second-order valence-corrected chi connectivity index (χ2v) is 8.44. The van der Waals surface area contributed by atoms with E-state index in [0.717, 1.165) is 0 Å². The van der Waals surface area contributed by atoms with E-state index in [-0.39, 0.29) is 30.8 Å². The summed E-state index contributed by atoms with van der Waals surface area (Å²) in [7, 11) is -4.01. The van der Waals surface area contributed by atoms with Crippen molar-refractivity contribution in [2.45, 2.75) is 25.6 Å². The van der Waals surface area contributed by atoms with Crippen LogP contribution in [0.2, 0.25) is 0 Å². The largest absolute Gasteiger partial charge is 0.454 e. The highest BCUT2D eigenvalue weighted by Crippen LogP contribution is 2.52. The van der Waals surface area contributed by atoms with Gasteiger partial charge in [0.1, 0.15) is 5.69 Å². The first-order chi connectivity index (χ1) is 12.2. The van der Waals surface area contributed by atoms with Gasteiger partial charge in [0.2, 0.25) is 6.79 Å². The Bertz CT molecular complexity index is 893. The minimum absolute atomic E-state index is 0.0309. The molecule has 0 amide bonds. The van der Waals surface area contributed by atoms with E-state index < -0.39 is 18.1 Å². The highest BCUT2D eigenvalue weighted by atomic mass is 79.9. The van der Waals surface area contributed by atoms with Crippen molar-refractivity contribution < 1.29 is 31.9 Å². The average molecular weight is 452 g/mol. The molecule has 0 saturated heterocycles. The number of halogens is 3. The number of aryl methyl sites for hydroxylation is 1. The Balaban J connectivity index is 2.37. The lowest BCUT2D eigenvalue weighted by molar-refractivity contribution is 0.110. The number of ether oxygens (including phenoxy) is 2. The van der Waals surface area contributed by atoms with Crippen LogP contribution in [0.3, 0.4) is 0 Å². The molecule has 0 bridgehead atoms. The van der Waals surface area contributed by atoms with Crippen molar-refractivity contribution in [2.24, 2.45) is 0 Å². The van der Waals surface area contributed by atoms with E-state index in [9.17, 15) is 13.3 Å². The third-order valence-electron chi connectivity index (χ3n) is 3.85. The van der Waals surface area contributed by atoms with E-state index in [0.29, 0.717) is 22.4 Å². The first-order valence-electron chi connectivity index (χ1n) is 7.92. The molecular weight excluding hydrogens is 435 g/mol. The summed E-state index contributed by atoms with van der Waals surface area (Å²) in [6.07, 6.45) is 0.